The van der Waals surface area contributed by atoms with Crippen LogP contribution < -0.4 is 4.90 Å². The summed E-state index contributed by atoms with van der Waals surface area (Å²) in [5.41, 5.74) is 18.4. The normalized spacial score (nSPS) is 14.1. The molecule has 9 aromatic rings. The van der Waals surface area contributed by atoms with Gasteiger partial charge in [-0.25, -0.2) is 0 Å². The van der Waals surface area contributed by atoms with Crippen molar-refractivity contribution in [1.82, 2.24) is 0 Å². The summed E-state index contributed by atoms with van der Waals surface area (Å²) >= 11 is 0. The number of hydrogen-bond donors (Lipinski definition) is 0. The highest BCUT2D eigenvalue weighted by molar-refractivity contribution is 6.23. The minimum absolute atomic E-state index is 0.0892. The van der Waals surface area contributed by atoms with Crippen LogP contribution in [-0.2, 0) is 18.3 Å². The van der Waals surface area contributed by atoms with Crippen molar-refractivity contribution in [3.63, 3.8) is 0 Å². The number of fused-ring (bicyclic) bond motifs is 8. The summed E-state index contributed by atoms with van der Waals surface area (Å²) in [6.45, 7) is 4.76. The third-order valence-electron chi connectivity index (χ3n) is 12.8. The monoisotopic (exact) mass is 703 g/mol. The number of benzene rings is 9. The molecule has 0 aromatic heterocycles. The van der Waals surface area contributed by atoms with Crippen LogP contribution in [-0.4, -0.2) is 7.05 Å². The molecule has 0 amide bonds. The van der Waals surface area contributed by atoms with Gasteiger partial charge < -0.3 is 4.90 Å². The van der Waals surface area contributed by atoms with Gasteiger partial charge in [0.15, 0.2) is 0 Å². The first-order valence-electron chi connectivity index (χ1n) is 19.6. The zero-order valence-corrected chi connectivity index (χ0v) is 31.5. The fourth-order valence-electron chi connectivity index (χ4n) is 10.1. The Labute approximate surface area is 323 Å². The van der Waals surface area contributed by atoms with Gasteiger partial charge in [-0.1, -0.05) is 166 Å². The van der Waals surface area contributed by atoms with Gasteiger partial charge in [-0.15, -0.1) is 0 Å². The largest absolute Gasteiger partial charge is 0.344 e. The van der Waals surface area contributed by atoms with Gasteiger partial charge >= 0.3 is 0 Å². The lowest BCUT2D eigenvalue weighted by Gasteiger charge is -2.24. The van der Waals surface area contributed by atoms with Crippen LogP contribution in [0.3, 0.4) is 0 Å². The molecular weight excluding hydrogens is 663 g/mol. The van der Waals surface area contributed by atoms with E-state index in [0.717, 1.165) is 12.8 Å². The highest BCUT2D eigenvalue weighted by Gasteiger charge is 2.37. The van der Waals surface area contributed by atoms with E-state index in [1.165, 1.54) is 110 Å². The van der Waals surface area contributed by atoms with E-state index in [1.807, 2.05) is 0 Å². The Balaban J connectivity index is 1.25. The summed E-state index contributed by atoms with van der Waals surface area (Å²) in [6, 6.07) is 64.0. The second-order valence-electron chi connectivity index (χ2n) is 16.0. The van der Waals surface area contributed by atoms with Gasteiger partial charge in [0.25, 0.3) is 0 Å². The minimum Gasteiger partial charge on any atom is -0.344 e. The van der Waals surface area contributed by atoms with E-state index in [-0.39, 0.29) is 5.41 Å². The molecule has 1 aliphatic carbocycles. The Morgan fingerprint density at radius 2 is 1.00 bits per heavy atom. The quantitative estimate of drug-likeness (QED) is 0.166. The van der Waals surface area contributed by atoms with E-state index in [0.29, 0.717) is 0 Å². The van der Waals surface area contributed by atoms with E-state index < -0.39 is 0 Å². The van der Waals surface area contributed by atoms with Gasteiger partial charge in [0.05, 0.1) is 0 Å². The number of para-hydroxylation sites is 1. The first-order valence-corrected chi connectivity index (χ1v) is 19.6. The van der Waals surface area contributed by atoms with Crippen molar-refractivity contribution >= 4 is 43.7 Å². The summed E-state index contributed by atoms with van der Waals surface area (Å²) in [4.78, 5) is 2.41. The smallest absolute Gasteiger partial charge is 0.0447 e. The fraction of sp³-hybridized carbons (Fsp3) is 0.111. The van der Waals surface area contributed by atoms with Crippen molar-refractivity contribution in [3.8, 4) is 44.5 Å². The second kappa shape index (κ2) is 12.0. The number of anilines is 2. The molecule has 262 valence electrons. The topological polar surface area (TPSA) is 3.24 Å². The number of aryl methyl sites for hydroxylation is 2. The van der Waals surface area contributed by atoms with Gasteiger partial charge in [0.1, 0.15) is 0 Å². The van der Waals surface area contributed by atoms with Gasteiger partial charge in [0, 0.05) is 23.8 Å². The van der Waals surface area contributed by atoms with E-state index >= 15 is 0 Å². The van der Waals surface area contributed by atoms with Crippen LogP contribution in [0.1, 0.15) is 36.1 Å². The highest BCUT2D eigenvalue weighted by atomic mass is 15.1. The fourth-order valence-corrected chi connectivity index (χ4v) is 10.1. The van der Waals surface area contributed by atoms with Crippen LogP contribution in [0.25, 0.3) is 76.8 Å². The molecule has 0 N–H and O–H groups in total. The van der Waals surface area contributed by atoms with Gasteiger partial charge in [-0.05, 0) is 130 Å². The molecular formula is C54H41N. The molecule has 55 heavy (non-hydrogen) atoms. The van der Waals surface area contributed by atoms with Crippen molar-refractivity contribution < 1.29 is 0 Å². The Kier molecular flexibility index (Phi) is 7.01. The van der Waals surface area contributed by atoms with Gasteiger partial charge in [-0.3, -0.25) is 0 Å². The highest BCUT2D eigenvalue weighted by Crippen LogP contribution is 2.55. The van der Waals surface area contributed by atoms with Crippen molar-refractivity contribution in [2.75, 3.05) is 11.9 Å². The summed E-state index contributed by atoms with van der Waals surface area (Å²) in [7, 11) is 2.23. The molecule has 0 saturated heterocycles. The Morgan fingerprint density at radius 1 is 0.400 bits per heavy atom. The maximum atomic E-state index is 2.49. The molecule has 0 bridgehead atoms. The van der Waals surface area contributed by atoms with Crippen molar-refractivity contribution in [1.29, 1.82) is 0 Å². The Bertz CT molecular complexity index is 3030. The van der Waals surface area contributed by atoms with Crippen molar-refractivity contribution in [2.24, 2.45) is 0 Å². The zero-order valence-electron chi connectivity index (χ0n) is 31.5. The van der Waals surface area contributed by atoms with Crippen molar-refractivity contribution in [3.05, 3.63) is 192 Å². The van der Waals surface area contributed by atoms with E-state index in [4.69, 9.17) is 0 Å². The standard InChI is InChI=1S/C54H41N/c1-54(2)47-23-10-9-20-44(47)53-45(22-13-24-48(53)54)52-42-19-8-7-18-41(42)51(38-29-28-36-27-26-35-15-5-11-25-49(35)55(3)50(36)33-38)43-31-30-37(32-46(43)52)40-21-12-16-34-14-4-6-17-39(34)40/h4-25,28-33H,26-27H2,1-3H3. The molecule has 1 heterocycles. The molecule has 1 aliphatic heterocycles. The van der Waals surface area contributed by atoms with Crippen LogP contribution >= 0.6 is 0 Å². The lowest BCUT2D eigenvalue weighted by Crippen LogP contribution is -2.14. The summed E-state index contributed by atoms with van der Waals surface area (Å²) in [5, 5.41) is 7.65. The van der Waals surface area contributed by atoms with E-state index in [9.17, 15) is 0 Å². The predicted molar refractivity (Wildman–Crippen MR) is 235 cm³/mol. The number of hydrogen-bond acceptors (Lipinski definition) is 1. The van der Waals surface area contributed by atoms with Crippen LogP contribution in [0.5, 0.6) is 0 Å². The third kappa shape index (κ3) is 4.72. The van der Waals surface area contributed by atoms with Crippen LogP contribution in [0.4, 0.5) is 11.4 Å². The van der Waals surface area contributed by atoms with Gasteiger partial charge in [-0.2, -0.15) is 0 Å². The molecule has 0 saturated carbocycles. The minimum atomic E-state index is -0.0892. The maximum Gasteiger partial charge on any atom is 0.0447 e. The number of nitrogens with zero attached hydrogens (tertiary/aromatic N) is 1. The second-order valence-corrected chi connectivity index (χ2v) is 16.0. The van der Waals surface area contributed by atoms with E-state index in [1.54, 1.807) is 0 Å². The summed E-state index contributed by atoms with van der Waals surface area (Å²) < 4.78 is 0. The lowest BCUT2D eigenvalue weighted by molar-refractivity contribution is 0.660. The predicted octanol–water partition coefficient (Wildman–Crippen LogP) is 14.3. The Morgan fingerprint density at radius 3 is 1.87 bits per heavy atom. The van der Waals surface area contributed by atoms with Gasteiger partial charge in [0.2, 0.25) is 0 Å². The SMILES string of the molecule is CN1c2ccccc2CCc2ccc(-c3c4ccccc4c(-c4cccc5c4-c4ccccc4C5(C)C)c4cc(-c5cccc6ccccc56)ccc34)cc21. The lowest BCUT2D eigenvalue weighted by atomic mass is 9.80. The number of rotatable bonds is 3. The molecule has 1 nitrogen and oxygen atoms in total. The molecule has 1 heteroatoms. The summed E-state index contributed by atoms with van der Waals surface area (Å²) in [6.07, 6.45) is 2.08. The molecule has 0 fully saturated rings. The summed E-state index contributed by atoms with van der Waals surface area (Å²) in [5.74, 6) is 0. The Hall–Kier alpha value is -6.44. The molecule has 0 radical (unpaired) electrons. The van der Waals surface area contributed by atoms with E-state index in [2.05, 4.69) is 196 Å². The van der Waals surface area contributed by atoms with Crippen molar-refractivity contribution in [2.45, 2.75) is 32.1 Å². The average molecular weight is 704 g/mol. The molecule has 0 unspecified atom stereocenters. The average Bonchev–Trinajstić information content (AvgIpc) is 3.37. The third-order valence-corrected chi connectivity index (χ3v) is 12.8. The first-order chi connectivity index (χ1) is 27.0. The zero-order chi connectivity index (χ0) is 36.8. The van der Waals surface area contributed by atoms with Crippen LogP contribution in [0, 0.1) is 0 Å². The maximum absolute atomic E-state index is 2.49. The van der Waals surface area contributed by atoms with Crippen LogP contribution in [0.15, 0.2) is 170 Å². The molecule has 11 rings (SSSR count). The molecule has 0 spiro atoms. The molecule has 9 aromatic carbocycles. The first kappa shape index (κ1) is 32.0. The van der Waals surface area contributed by atoms with Crippen LogP contribution in [0.2, 0.25) is 0 Å². The molecule has 2 aliphatic rings. The molecule has 0 atom stereocenters.